The van der Waals surface area contributed by atoms with Crippen molar-refractivity contribution in [3.8, 4) is 0 Å². The molecule has 0 spiro atoms. The van der Waals surface area contributed by atoms with Crippen molar-refractivity contribution in [2.24, 2.45) is 0 Å². The summed E-state index contributed by atoms with van der Waals surface area (Å²) in [7, 11) is 0. The Bertz CT molecular complexity index is 357. The molecule has 0 aromatic carbocycles. The van der Waals surface area contributed by atoms with E-state index in [2.05, 4.69) is 4.98 Å². The lowest BCUT2D eigenvalue weighted by Crippen LogP contribution is -2.11. The van der Waals surface area contributed by atoms with Crippen molar-refractivity contribution in [3.05, 3.63) is 28.0 Å². The number of hydrogen-bond donors (Lipinski definition) is 0. The summed E-state index contributed by atoms with van der Waals surface area (Å²) in [5.74, 6) is 0. The Morgan fingerprint density at radius 3 is 2.56 bits per heavy atom. The van der Waals surface area contributed by atoms with Gasteiger partial charge in [-0.1, -0.05) is 23.2 Å². The number of alkyl halides is 3. The van der Waals surface area contributed by atoms with Crippen molar-refractivity contribution in [3.63, 3.8) is 0 Å². The second-order valence-corrected chi connectivity index (χ2v) is 3.81. The van der Waals surface area contributed by atoms with E-state index in [0.717, 1.165) is 0 Å². The fourth-order valence-electron chi connectivity index (χ4n) is 0.912. The Hall–Kier alpha value is -0.520. The molecule has 0 fully saturated rings. The maximum Gasteiger partial charge on any atom is 0.391 e. The van der Waals surface area contributed by atoms with Gasteiger partial charge in [0.25, 0.3) is 0 Å². The van der Waals surface area contributed by atoms with Gasteiger partial charge in [-0.25, -0.2) is 4.98 Å². The first-order valence-electron chi connectivity index (χ1n) is 4.33. The molecule has 0 atom stereocenters. The average Bonchev–Trinajstić information content (AvgIpc) is 2.13. The Balaban J connectivity index is 2.38. The Morgan fingerprint density at radius 1 is 1.31 bits per heavy atom. The summed E-state index contributed by atoms with van der Waals surface area (Å²) in [6, 6.07) is 1.41. The number of halogens is 5. The van der Waals surface area contributed by atoms with Crippen molar-refractivity contribution < 1.29 is 17.9 Å². The van der Waals surface area contributed by atoms with Crippen LogP contribution in [0, 0.1) is 0 Å². The first-order valence-corrected chi connectivity index (χ1v) is 5.08. The van der Waals surface area contributed by atoms with Gasteiger partial charge in [0.2, 0.25) is 0 Å². The smallest absolute Gasteiger partial charge is 0.376 e. The van der Waals surface area contributed by atoms with Gasteiger partial charge in [0.1, 0.15) is 5.15 Å². The van der Waals surface area contributed by atoms with Crippen LogP contribution < -0.4 is 0 Å². The van der Waals surface area contributed by atoms with E-state index in [1.807, 2.05) is 0 Å². The fraction of sp³-hybridized carbons (Fsp3) is 0.444. The molecule has 0 aliphatic rings. The van der Waals surface area contributed by atoms with Crippen LogP contribution in [0.1, 0.15) is 12.0 Å². The van der Waals surface area contributed by atoms with Crippen molar-refractivity contribution in [1.82, 2.24) is 4.98 Å². The number of rotatable bonds is 4. The monoisotopic (exact) mass is 273 g/mol. The number of nitrogens with zero attached hydrogens (tertiary/aromatic N) is 1. The summed E-state index contributed by atoms with van der Waals surface area (Å²) in [6.45, 7) is -0.415. The van der Waals surface area contributed by atoms with Gasteiger partial charge in [0.05, 0.1) is 24.7 Å². The van der Waals surface area contributed by atoms with Crippen LogP contribution in [0.15, 0.2) is 12.3 Å². The number of hydrogen-bond acceptors (Lipinski definition) is 2. The van der Waals surface area contributed by atoms with Gasteiger partial charge in [-0.15, -0.1) is 0 Å². The van der Waals surface area contributed by atoms with Crippen LogP contribution in [0.2, 0.25) is 10.2 Å². The predicted octanol–water partition coefficient (Wildman–Crippen LogP) is 3.86. The van der Waals surface area contributed by atoms with Crippen LogP contribution in [-0.4, -0.2) is 17.8 Å². The molecule has 0 bridgehead atoms. The van der Waals surface area contributed by atoms with Gasteiger partial charge >= 0.3 is 6.18 Å². The molecule has 7 heteroatoms. The van der Waals surface area contributed by atoms with E-state index in [0.29, 0.717) is 10.6 Å². The lowest BCUT2D eigenvalue weighted by atomic mass is 10.3. The summed E-state index contributed by atoms with van der Waals surface area (Å²) in [6.07, 6.45) is -3.81. The SMILES string of the molecule is FC(F)(F)CCOCc1cnc(Cl)cc1Cl. The zero-order chi connectivity index (χ0) is 12.2. The normalized spacial score (nSPS) is 11.8. The third kappa shape index (κ3) is 5.01. The summed E-state index contributed by atoms with van der Waals surface area (Å²) in [5, 5.41) is 0.552. The average molecular weight is 274 g/mol. The number of pyridine rings is 1. The summed E-state index contributed by atoms with van der Waals surface area (Å²) >= 11 is 11.3. The van der Waals surface area contributed by atoms with Gasteiger partial charge in [0, 0.05) is 11.8 Å². The lowest BCUT2D eigenvalue weighted by Gasteiger charge is -2.08. The van der Waals surface area contributed by atoms with E-state index in [-0.39, 0.29) is 11.8 Å². The fourth-order valence-corrected chi connectivity index (χ4v) is 1.33. The largest absolute Gasteiger partial charge is 0.391 e. The van der Waals surface area contributed by atoms with Gasteiger partial charge in [0.15, 0.2) is 0 Å². The zero-order valence-corrected chi connectivity index (χ0v) is 9.53. The van der Waals surface area contributed by atoms with Gasteiger partial charge in [-0.2, -0.15) is 13.2 Å². The third-order valence-corrected chi connectivity index (χ3v) is 2.24. The lowest BCUT2D eigenvalue weighted by molar-refractivity contribution is -0.146. The topological polar surface area (TPSA) is 22.1 Å². The summed E-state index contributed by atoms with van der Waals surface area (Å²) in [4.78, 5) is 3.75. The molecule has 1 aromatic rings. The molecule has 1 heterocycles. The van der Waals surface area contributed by atoms with E-state index in [9.17, 15) is 13.2 Å². The van der Waals surface area contributed by atoms with E-state index in [1.54, 1.807) is 0 Å². The quantitative estimate of drug-likeness (QED) is 0.614. The minimum absolute atomic E-state index is 0.0148. The summed E-state index contributed by atoms with van der Waals surface area (Å²) in [5.41, 5.74) is 0.508. The highest BCUT2D eigenvalue weighted by molar-refractivity contribution is 6.34. The van der Waals surface area contributed by atoms with Crippen LogP contribution >= 0.6 is 23.2 Å². The molecule has 2 nitrogen and oxygen atoms in total. The molecule has 0 amide bonds. The Labute approximate surface area is 100 Å². The minimum atomic E-state index is -4.21. The van der Waals surface area contributed by atoms with E-state index in [4.69, 9.17) is 27.9 Å². The first kappa shape index (κ1) is 13.5. The van der Waals surface area contributed by atoms with Gasteiger partial charge in [-0.3, -0.25) is 0 Å². The van der Waals surface area contributed by atoms with Crippen molar-refractivity contribution >= 4 is 23.2 Å². The molecule has 1 aromatic heterocycles. The van der Waals surface area contributed by atoms with Crippen molar-refractivity contribution in [2.45, 2.75) is 19.2 Å². The maximum atomic E-state index is 11.8. The third-order valence-electron chi connectivity index (χ3n) is 1.68. The molecule has 0 aliphatic heterocycles. The molecule has 0 radical (unpaired) electrons. The molecule has 90 valence electrons. The number of aromatic nitrogens is 1. The molecule has 16 heavy (non-hydrogen) atoms. The highest BCUT2D eigenvalue weighted by Gasteiger charge is 2.26. The zero-order valence-electron chi connectivity index (χ0n) is 8.02. The molecule has 0 aliphatic carbocycles. The Morgan fingerprint density at radius 2 is 2.00 bits per heavy atom. The minimum Gasteiger partial charge on any atom is -0.376 e. The molecule has 0 unspecified atom stereocenters. The van der Waals surface area contributed by atoms with Gasteiger partial charge < -0.3 is 4.74 Å². The second-order valence-electron chi connectivity index (χ2n) is 3.02. The molecule has 1 rings (SSSR count). The van der Waals surface area contributed by atoms with E-state index in [1.165, 1.54) is 12.3 Å². The van der Waals surface area contributed by atoms with Crippen LogP contribution in [0.3, 0.4) is 0 Å². The van der Waals surface area contributed by atoms with Crippen molar-refractivity contribution in [2.75, 3.05) is 6.61 Å². The van der Waals surface area contributed by atoms with Crippen LogP contribution in [-0.2, 0) is 11.3 Å². The molecular weight excluding hydrogens is 266 g/mol. The van der Waals surface area contributed by atoms with Gasteiger partial charge in [-0.05, 0) is 6.07 Å². The van der Waals surface area contributed by atoms with E-state index >= 15 is 0 Å². The van der Waals surface area contributed by atoms with Crippen LogP contribution in [0.4, 0.5) is 13.2 Å². The van der Waals surface area contributed by atoms with Crippen molar-refractivity contribution in [1.29, 1.82) is 0 Å². The molecular formula is C9H8Cl2F3NO. The summed E-state index contributed by atoms with van der Waals surface area (Å²) < 4.78 is 40.2. The molecule has 0 saturated carbocycles. The van der Waals surface area contributed by atoms with E-state index < -0.39 is 19.2 Å². The molecule has 0 N–H and O–H groups in total. The van der Waals surface area contributed by atoms with Crippen LogP contribution in [0.25, 0.3) is 0 Å². The Kier molecular flexibility index (Phi) is 4.83. The van der Waals surface area contributed by atoms with Crippen LogP contribution in [0.5, 0.6) is 0 Å². The second kappa shape index (κ2) is 5.70. The highest BCUT2D eigenvalue weighted by Crippen LogP contribution is 2.21. The first-order chi connectivity index (χ1) is 7.38. The maximum absolute atomic E-state index is 11.8. The predicted molar refractivity (Wildman–Crippen MR) is 54.6 cm³/mol. The standard InChI is InChI=1S/C9H8Cl2F3NO/c10-7-3-8(11)15-4-6(7)5-16-2-1-9(12,13)14/h3-4H,1-2,5H2. The molecule has 0 saturated heterocycles. The highest BCUT2D eigenvalue weighted by atomic mass is 35.5. The number of ether oxygens (including phenoxy) is 1.